The number of carbonyl (C=O) groups excluding carboxylic acids is 2. The third-order valence-corrected chi connectivity index (χ3v) is 4.56. The van der Waals surface area contributed by atoms with E-state index in [1.54, 1.807) is 38.5 Å². The van der Waals surface area contributed by atoms with Gasteiger partial charge in [0.1, 0.15) is 11.5 Å². The van der Waals surface area contributed by atoms with E-state index >= 15 is 0 Å². The van der Waals surface area contributed by atoms with Crippen LogP contribution in [0.4, 0.5) is 5.69 Å². The molecule has 154 valence electrons. The number of methoxy groups -OCH3 is 2. The highest BCUT2D eigenvalue weighted by molar-refractivity contribution is 5.95. The standard InChI is InChI=1S/C23H27NO5/c1-5-16(2)19-8-6-7-9-20(19)24-22(25)15-29-23(26)13-10-17-14-18(27-3)11-12-21(17)28-4/h6-14,16H,5,15H2,1-4H3,(H,24,25)/b13-10+/t16-/m1/s1. The van der Waals surface area contributed by atoms with Gasteiger partial charge in [-0.1, -0.05) is 32.0 Å². The van der Waals surface area contributed by atoms with Crippen LogP contribution in [-0.2, 0) is 14.3 Å². The van der Waals surface area contributed by atoms with Gasteiger partial charge in [-0.25, -0.2) is 4.79 Å². The normalized spacial score (nSPS) is 11.7. The van der Waals surface area contributed by atoms with Crippen LogP contribution < -0.4 is 14.8 Å². The lowest BCUT2D eigenvalue weighted by atomic mass is 9.97. The van der Waals surface area contributed by atoms with Crippen molar-refractivity contribution in [2.24, 2.45) is 0 Å². The predicted molar refractivity (Wildman–Crippen MR) is 113 cm³/mol. The average molecular weight is 397 g/mol. The lowest BCUT2D eigenvalue weighted by Crippen LogP contribution is -2.21. The summed E-state index contributed by atoms with van der Waals surface area (Å²) < 4.78 is 15.5. The Bertz CT molecular complexity index is 875. The van der Waals surface area contributed by atoms with Gasteiger partial charge in [0, 0.05) is 17.3 Å². The number of carbonyl (C=O) groups is 2. The fourth-order valence-corrected chi connectivity index (χ4v) is 2.76. The molecule has 0 aliphatic heterocycles. The molecule has 0 radical (unpaired) electrons. The molecule has 29 heavy (non-hydrogen) atoms. The van der Waals surface area contributed by atoms with E-state index in [4.69, 9.17) is 14.2 Å². The Balaban J connectivity index is 1.95. The molecule has 6 nitrogen and oxygen atoms in total. The maximum absolute atomic E-state index is 12.2. The van der Waals surface area contributed by atoms with E-state index in [9.17, 15) is 9.59 Å². The molecular weight excluding hydrogens is 370 g/mol. The largest absolute Gasteiger partial charge is 0.497 e. The van der Waals surface area contributed by atoms with Crippen LogP contribution in [0.2, 0.25) is 0 Å². The quantitative estimate of drug-likeness (QED) is 0.501. The maximum atomic E-state index is 12.2. The molecule has 2 aromatic carbocycles. The Morgan fingerprint density at radius 2 is 1.86 bits per heavy atom. The number of esters is 1. The Kier molecular flexibility index (Phi) is 8.27. The molecule has 0 bridgehead atoms. The molecule has 0 unspecified atom stereocenters. The van der Waals surface area contributed by atoms with Crippen LogP contribution in [0.15, 0.2) is 48.5 Å². The lowest BCUT2D eigenvalue weighted by molar-refractivity contribution is -0.142. The lowest BCUT2D eigenvalue weighted by Gasteiger charge is -2.15. The smallest absolute Gasteiger partial charge is 0.331 e. The van der Waals surface area contributed by atoms with E-state index in [-0.39, 0.29) is 12.5 Å². The number of ether oxygens (including phenoxy) is 3. The average Bonchev–Trinajstić information content (AvgIpc) is 2.75. The van der Waals surface area contributed by atoms with E-state index in [0.29, 0.717) is 23.0 Å². The fourth-order valence-electron chi connectivity index (χ4n) is 2.76. The fraction of sp³-hybridized carbons (Fsp3) is 0.304. The monoisotopic (exact) mass is 397 g/mol. The first-order chi connectivity index (χ1) is 14.0. The minimum Gasteiger partial charge on any atom is -0.497 e. The van der Waals surface area contributed by atoms with Gasteiger partial charge in [0.25, 0.3) is 5.91 Å². The van der Waals surface area contributed by atoms with Gasteiger partial charge in [0.2, 0.25) is 0 Å². The molecule has 2 rings (SSSR count). The van der Waals surface area contributed by atoms with E-state index < -0.39 is 5.97 Å². The second kappa shape index (κ2) is 10.9. The Labute approximate surface area is 171 Å². The highest BCUT2D eigenvalue weighted by atomic mass is 16.5. The molecule has 0 heterocycles. The first-order valence-electron chi connectivity index (χ1n) is 9.44. The van der Waals surface area contributed by atoms with Crippen molar-refractivity contribution in [3.63, 3.8) is 0 Å². The molecule has 1 atom stereocenters. The first-order valence-corrected chi connectivity index (χ1v) is 9.44. The van der Waals surface area contributed by atoms with Gasteiger partial charge in [-0.2, -0.15) is 0 Å². The molecule has 1 amide bonds. The highest BCUT2D eigenvalue weighted by Crippen LogP contribution is 2.27. The summed E-state index contributed by atoms with van der Waals surface area (Å²) in [6.45, 7) is 3.82. The van der Waals surface area contributed by atoms with Gasteiger partial charge in [-0.3, -0.25) is 4.79 Å². The summed E-state index contributed by atoms with van der Waals surface area (Å²) in [7, 11) is 3.10. The van der Waals surface area contributed by atoms with E-state index in [1.807, 2.05) is 24.3 Å². The van der Waals surface area contributed by atoms with Gasteiger partial charge in [0.15, 0.2) is 6.61 Å². The SMILES string of the molecule is CC[C@@H](C)c1ccccc1NC(=O)COC(=O)/C=C/c1cc(OC)ccc1OC. The summed E-state index contributed by atoms with van der Waals surface area (Å²) in [4.78, 5) is 24.2. The van der Waals surface area contributed by atoms with Crippen LogP contribution in [0.25, 0.3) is 6.08 Å². The summed E-state index contributed by atoms with van der Waals surface area (Å²) in [5, 5.41) is 2.81. The predicted octanol–water partition coefficient (Wildman–Crippen LogP) is 4.41. The molecule has 2 aromatic rings. The topological polar surface area (TPSA) is 73.9 Å². The van der Waals surface area contributed by atoms with Gasteiger partial charge < -0.3 is 19.5 Å². The number of hydrogen-bond acceptors (Lipinski definition) is 5. The van der Waals surface area contributed by atoms with E-state index in [2.05, 4.69) is 19.2 Å². The van der Waals surface area contributed by atoms with Crippen LogP contribution in [-0.4, -0.2) is 32.7 Å². The highest BCUT2D eigenvalue weighted by Gasteiger charge is 2.12. The number of amides is 1. The molecular formula is C23H27NO5. The molecule has 0 spiro atoms. The van der Waals surface area contributed by atoms with Gasteiger partial charge in [-0.05, 0) is 48.2 Å². The molecule has 0 aliphatic carbocycles. The number of para-hydroxylation sites is 1. The van der Waals surface area contributed by atoms with Crippen molar-refractivity contribution in [3.8, 4) is 11.5 Å². The van der Waals surface area contributed by atoms with Crippen molar-refractivity contribution in [2.75, 3.05) is 26.1 Å². The zero-order valence-electron chi connectivity index (χ0n) is 17.2. The molecule has 0 fully saturated rings. The number of nitrogens with one attached hydrogen (secondary N) is 1. The van der Waals surface area contributed by atoms with E-state index in [1.165, 1.54) is 6.08 Å². The third-order valence-electron chi connectivity index (χ3n) is 4.56. The number of anilines is 1. The van der Waals surface area contributed by atoms with Gasteiger partial charge in [0.05, 0.1) is 14.2 Å². The van der Waals surface area contributed by atoms with Crippen LogP contribution in [0.5, 0.6) is 11.5 Å². The molecule has 0 aliphatic rings. The molecule has 1 N–H and O–H groups in total. The Morgan fingerprint density at radius 1 is 1.10 bits per heavy atom. The Morgan fingerprint density at radius 3 is 2.55 bits per heavy atom. The van der Waals surface area contributed by atoms with Gasteiger partial charge in [-0.15, -0.1) is 0 Å². The van der Waals surface area contributed by atoms with Crippen LogP contribution >= 0.6 is 0 Å². The first kappa shape index (κ1) is 22.0. The van der Waals surface area contributed by atoms with Crippen molar-refractivity contribution in [3.05, 3.63) is 59.7 Å². The summed E-state index contributed by atoms with van der Waals surface area (Å²) >= 11 is 0. The summed E-state index contributed by atoms with van der Waals surface area (Å²) in [6.07, 6.45) is 3.76. The van der Waals surface area contributed by atoms with Crippen molar-refractivity contribution in [1.29, 1.82) is 0 Å². The third kappa shape index (κ3) is 6.38. The second-order valence-corrected chi connectivity index (χ2v) is 6.49. The van der Waals surface area contributed by atoms with Crippen molar-refractivity contribution in [2.45, 2.75) is 26.2 Å². The van der Waals surface area contributed by atoms with Crippen molar-refractivity contribution < 1.29 is 23.8 Å². The summed E-state index contributed by atoms with van der Waals surface area (Å²) in [5.41, 5.74) is 2.45. The van der Waals surface area contributed by atoms with E-state index in [0.717, 1.165) is 17.7 Å². The number of rotatable bonds is 9. The van der Waals surface area contributed by atoms with Crippen LogP contribution in [0.3, 0.4) is 0 Å². The van der Waals surface area contributed by atoms with Crippen molar-refractivity contribution >= 4 is 23.6 Å². The molecule has 0 aromatic heterocycles. The summed E-state index contributed by atoms with van der Waals surface area (Å²) in [6, 6.07) is 12.9. The summed E-state index contributed by atoms with van der Waals surface area (Å²) in [5.74, 6) is 0.531. The molecule has 0 saturated heterocycles. The van der Waals surface area contributed by atoms with Gasteiger partial charge >= 0.3 is 5.97 Å². The minimum absolute atomic E-state index is 0.315. The zero-order chi connectivity index (χ0) is 21.2. The molecule has 0 saturated carbocycles. The minimum atomic E-state index is -0.625. The second-order valence-electron chi connectivity index (χ2n) is 6.49. The maximum Gasteiger partial charge on any atom is 0.331 e. The number of hydrogen-bond donors (Lipinski definition) is 1. The van der Waals surface area contributed by atoms with Crippen LogP contribution in [0.1, 0.15) is 37.3 Å². The Hall–Kier alpha value is -3.28. The van der Waals surface area contributed by atoms with Crippen molar-refractivity contribution in [1.82, 2.24) is 0 Å². The number of benzene rings is 2. The van der Waals surface area contributed by atoms with Crippen LogP contribution in [0, 0.1) is 0 Å². The zero-order valence-corrected chi connectivity index (χ0v) is 17.2. The molecule has 6 heteroatoms.